The predicted octanol–water partition coefficient (Wildman–Crippen LogP) is 5.55. The number of aromatic nitrogens is 3. The highest BCUT2D eigenvalue weighted by molar-refractivity contribution is 6.33. The maximum absolute atomic E-state index is 9.04. The molecule has 0 saturated carbocycles. The number of nitriles is 1. The Balaban J connectivity index is 2.27. The van der Waals surface area contributed by atoms with E-state index in [0.717, 1.165) is 47.4 Å². The summed E-state index contributed by atoms with van der Waals surface area (Å²) in [6.45, 7) is 6.54. The van der Waals surface area contributed by atoms with Gasteiger partial charge in [-0.15, -0.1) is 0 Å². The van der Waals surface area contributed by atoms with Crippen LogP contribution in [0.4, 0.5) is 0 Å². The van der Waals surface area contributed by atoms with Gasteiger partial charge in [0, 0.05) is 24.2 Å². The number of halogens is 1. The first-order valence-corrected chi connectivity index (χ1v) is 9.08. The molecular weight excluding hydrogens is 332 g/mol. The molecule has 0 N–H and O–H groups in total. The molecule has 0 unspecified atom stereocenters. The Bertz CT molecular complexity index is 948. The van der Waals surface area contributed by atoms with Gasteiger partial charge in [-0.05, 0) is 37.1 Å². The molecule has 2 aromatic heterocycles. The summed E-state index contributed by atoms with van der Waals surface area (Å²) in [7, 11) is 0. The Labute approximate surface area is 153 Å². The second kappa shape index (κ2) is 7.25. The van der Waals surface area contributed by atoms with Gasteiger partial charge >= 0.3 is 0 Å². The lowest BCUT2D eigenvalue weighted by Crippen LogP contribution is -2.10. The van der Waals surface area contributed by atoms with Crippen molar-refractivity contribution in [2.24, 2.45) is 0 Å². The number of nitrogens with zero attached hydrogens (tertiary/aromatic N) is 4. The maximum atomic E-state index is 9.04. The summed E-state index contributed by atoms with van der Waals surface area (Å²) in [6.07, 6.45) is 4.80. The summed E-state index contributed by atoms with van der Waals surface area (Å²) in [5, 5.41) is 9.56. The van der Waals surface area contributed by atoms with Crippen LogP contribution < -0.4 is 0 Å². The first kappa shape index (κ1) is 17.4. The van der Waals surface area contributed by atoms with Crippen LogP contribution in [0, 0.1) is 11.3 Å². The van der Waals surface area contributed by atoms with E-state index < -0.39 is 0 Å². The van der Waals surface area contributed by atoms with Gasteiger partial charge in [-0.1, -0.05) is 32.4 Å². The van der Waals surface area contributed by atoms with E-state index in [1.54, 1.807) is 12.1 Å². The summed E-state index contributed by atoms with van der Waals surface area (Å²) >= 11 is 6.41. The van der Waals surface area contributed by atoms with Crippen molar-refractivity contribution in [1.29, 1.82) is 5.26 Å². The zero-order valence-corrected chi connectivity index (χ0v) is 15.5. The highest BCUT2D eigenvalue weighted by Crippen LogP contribution is 2.34. The van der Waals surface area contributed by atoms with Crippen LogP contribution >= 0.6 is 11.6 Å². The molecule has 0 radical (unpaired) electrons. The van der Waals surface area contributed by atoms with Crippen LogP contribution in [0.15, 0.2) is 30.5 Å². The van der Waals surface area contributed by atoms with Gasteiger partial charge in [0.15, 0.2) is 0 Å². The van der Waals surface area contributed by atoms with E-state index in [0.29, 0.717) is 16.6 Å². The molecule has 0 aliphatic carbocycles. The number of benzene rings is 1. The summed E-state index contributed by atoms with van der Waals surface area (Å²) in [6, 6.07) is 9.86. The van der Waals surface area contributed by atoms with Crippen LogP contribution in [-0.2, 0) is 6.42 Å². The average molecular weight is 353 g/mol. The normalized spacial score (nSPS) is 11.2. The Morgan fingerprint density at radius 2 is 1.96 bits per heavy atom. The molecule has 5 heteroatoms. The molecule has 0 bridgehead atoms. The highest BCUT2D eigenvalue weighted by Gasteiger charge is 2.19. The number of pyridine rings is 1. The van der Waals surface area contributed by atoms with Crippen molar-refractivity contribution in [2.45, 2.75) is 46.1 Å². The third-order valence-electron chi connectivity index (χ3n) is 4.66. The van der Waals surface area contributed by atoms with Gasteiger partial charge in [0.25, 0.3) is 0 Å². The number of imidazole rings is 1. The average Bonchev–Trinajstić information content (AvgIpc) is 3.02. The van der Waals surface area contributed by atoms with Crippen molar-refractivity contribution < 1.29 is 0 Å². The molecule has 128 valence electrons. The minimum absolute atomic E-state index is 0.423. The van der Waals surface area contributed by atoms with Crippen LogP contribution in [0.2, 0.25) is 5.02 Å². The van der Waals surface area contributed by atoms with Crippen molar-refractivity contribution in [3.63, 3.8) is 0 Å². The molecule has 0 amide bonds. The van der Waals surface area contributed by atoms with Crippen molar-refractivity contribution in [2.75, 3.05) is 0 Å². The third-order valence-corrected chi connectivity index (χ3v) is 4.97. The van der Waals surface area contributed by atoms with Crippen LogP contribution in [0.3, 0.4) is 0 Å². The number of hydrogen-bond donors (Lipinski definition) is 0. The van der Waals surface area contributed by atoms with Crippen LogP contribution in [0.1, 0.15) is 51.0 Å². The van der Waals surface area contributed by atoms with Gasteiger partial charge in [0.1, 0.15) is 11.3 Å². The smallest absolute Gasteiger partial charge is 0.115 e. The lowest BCUT2D eigenvalue weighted by atomic mass is 10.1. The SMILES string of the molecule is CCc1nc2c(-c3ccc(C#N)cc3Cl)nccc2n1C(CC)CC. The molecule has 3 rings (SSSR count). The standard InChI is InChI=1S/C20H21ClN4/c1-4-14(5-2)25-17-9-10-23-19(20(17)24-18(25)6-3)15-8-7-13(12-22)11-16(15)21/h7-11,14H,4-6H2,1-3H3. The van der Waals surface area contributed by atoms with E-state index in [9.17, 15) is 0 Å². The van der Waals surface area contributed by atoms with Gasteiger partial charge < -0.3 is 4.57 Å². The topological polar surface area (TPSA) is 54.5 Å². The lowest BCUT2D eigenvalue weighted by Gasteiger charge is -2.18. The van der Waals surface area contributed by atoms with Gasteiger partial charge in [0.05, 0.1) is 27.9 Å². The van der Waals surface area contributed by atoms with Crippen LogP contribution in [0.25, 0.3) is 22.3 Å². The molecular formula is C20H21ClN4. The van der Waals surface area contributed by atoms with E-state index in [1.165, 1.54) is 0 Å². The Hall–Kier alpha value is -2.38. The molecule has 3 aromatic rings. The van der Waals surface area contributed by atoms with Crippen LogP contribution in [0.5, 0.6) is 0 Å². The largest absolute Gasteiger partial charge is 0.325 e. The van der Waals surface area contributed by atoms with E-state index in [2.05, 4.69) is 36.4 Å². The third kappa shape index (κ3) is 3.01. The van der Waals surface area contributed by atoms with E-state index in [4.69, 9.17) is 21.8 Å². The second-order valence-electron chi connectivity index (χ2n) is 6.06. The summed E-state index contributed by atoms with van der Waals surface area (Å²) in [4.78, 5) is 9.43. The van der Waals surface area contributed by atoms with Gasteiger partial charge in [0.2, 0.25) is 0 Å². The summed E-state index contributed by atoms with van der Waals surface area (Å²) in [5.74, 6) is 1.07. The number of aryl methyl sites for hydroxylation is 1. The molecule has 0 saturated heterocycles. The summed E-state index contributed by atoms with van der Waals surface area (Å²) < 4.78 is 2.35. The molecule has 25 heavy (non-hydrogen) atoms. The Kier molecular flexibility index (Phi) is 5.06. The highest BCUT2D eigenvalue weighted by atomic mass is 35.5. The predicted molar refractivity (Wildman–Crippen MR) is 102 cm³/mol. The minimum Gasteiger partial charge on any atom is -0.325 e. The fourth-order valence-corrected chi connectivity index (χ4v) is 3.62. The summed E-state index contributed by atoms with van der Waals surface area (Å²) in [5.41, 5.74) is 4.08. The zero-order valence-electron chi connectivity index (χ0n) is 14.8. The van der Waals surface area contributed by atoms with Gasteiger partial charge in [-0.3, -0.25) is 4.98 Å². The fraction of sp³-hybridized carbons (Fsp3) is 0.350. The number of fused-ring (bicyclic) bond motifs is 1. The van der Waals surface area contributed by atoms with Crippen molar-refractivity contribution in [1.82, 2.24) is 14.5 Å². The molecule has 2 heterocycles. The number of rotatable bonds is 5. The molecule has 4 nitrogen and oxygen atoms in total. The first-order chi connectivity index (χ1) is 12.1. The number of hydrogen-bond acceptors (Lipinski definition) is 3. The van der Waals surface area contributed by atoms with E-state index in [1.807, 2.05) is 18.3 Å². The van der Waals surface area contributed by atoms with Crippen molar-refractivity contribution in [3.8, 4) is 17.3 Å². The first-order valence-electron chi connectivity index (χ1n) is 8.70. The van der Waals surface area contributed by atoms with E-state index >= 15 is 0 Å². The van der Waals surface area contributed by atoms with Gasteiger partial charge in [-0.2, -0.15) is 5.26 Å². The zero-order chi connectivity index (χ0) is 18.0. The lowest BCUT2D eigenvalue weighted by molar-refractivity contribution is 0.468. The van der Waals surface area contributed by atoms with Crippen molar-refractivity contribution in [3.05, 3.63) is 46.9 Å². The molecule has 0 aliphatic heterocycles. The molecule has 0 spiro atoms. The fourth-order valence-electron chi connectivity index (χ4n) is 3.35. The maximum Gasteiger partial charge on any atom is 0.115 e. The molecule has 0 atom stereocenters. The van der Waals surface area contributed by atoms with E-state index in [-0.39, 0.29) is 0 Å². The second-order valence-corrected chi connectivity index (χ2v) is 6.46. The Morgan fingerprint density at radius 1 is 1.20 bits per heavy atom. The van der Waals surface area contributed by atoms with Gasteiger partial charge in [-0.25, -0.2) is 4.98 Å². The minimum atomic E-state index is 0.423. The molecule has 0 fully saturated rings. The molecule has 1 aromatic carbocycles. The molecule has 0 aliphatic rings. The monoisotopic (exact) mass is 352 g/mol. The van der Waals surface area contributed by atoms with Crippen molar-refractivity contribution >= 4 is 22.6 Å². The quantitative estimate of drug-likeness (QED) is 0.605. The van der Waals surface area contributed by atoms with Crippen LogP contribution in [-0.4, -0.2) is 14.5 Å². The Morgan fingerprint density at radius 3 is 2.56 bits per heavy atom.